The summed E-state index contributed by atoms with van der Waals surface area (Å²) in [5.41, 5.74) is 3.57. The van der Waals surface area contributed by atoms with Crippen molar-refractivity contribution in [2.45, 2.75) is 22.8 Å². The van der Waals surface area contributed by atoms with Crippen molar-refractivity contribution in [2.75, 3.05) is 12.4 Å². The Bertz CT molecular complexity index is 1610. The molecule has 0 radical (unpaired) electrons. The Hall–Kier alpha value is -4.43. The van der Waals surface area contributed by atoms with Crippen LogP contribution in [0.4, 0.5) is 5.69 Å². The van der Waals surface area contributed by atoms with Gasteiger partial charge >= 0.3 is 0 Å². The highest BCUT2D eigenvalue weighted by Crippen LogP contribution is 2.34. The fourth-order valence-corrected chi connectivity index (χ4v) is 5.90. The molecule has 2 N–H and O–H groups in total. The zero-order chi connectivity index (χ0) is 26.0. The molecule has 7 nitrogen and oxygen atoms in total. The molecule has 0 spiro atoms. The minimum absolute atomic E-state index is 0.0476. The van der Waals surface area contributed by atoms with E-state index in [1.165, 1.54) is 30.3 Å². The third-order valence-electron chi connectivity index (χ3n) is 6.21. The number of amides is 2. The minimum atomic E-state index is -3.93. The molecule has 0 aliphatic carbocycles. The van der Waals surface area contributed by atoms with Gasteiger partial charge in [-0.2, -0.15) is 0 Å². The molecule has 0 fully saturated rings. The first-order valence-electron chi connectivity index (χ1n) is 11.6. The van der Waals surface area contributed by atoms with Gasteiger partial charge in [0.1, 0.15) is 5.75 Å². The van der Waals surface area contributed by atoms with Crippen molar-refractivity contribution < 1.29 is 22.7 Å². The second-order valence-corrected chi connectivity index (χ2v) is 10.6. The average molecular weight is 513 g/mol. The number of rotatable bonds is 6. The maximum absolute atomic E-state index is 13.1. The van der Waals surface area contributed by atoms with E-state index in [1.54, 1.807) is 19.2 Å². The Kier molecular flexibility index (Phi) is 6.50. The summed E-state index contributed by atoms with van der Waals surface area (Å²) in [5, 5.41) is 5.51. The Morgan fingerprint density at radius 3 is 2.38 bits per heavy atom. The molecular weight excluding hydrogens is 488 g/mol. The van der Waals surface area contributed by atoms with Gasteiger partial charge in [0.25, 0.3) is 11.8 Å². The molecule has 0 unspecified atom stereocenters. The number of anilines is 1. The summed E-state index contributed by atoms with van der Waals surface area (Å²) in [4.78, 5) is 25.5. The molecule has 4 aromatic carbocycles. The van der Waals surface area contributed by atoms with Crippen LogP contribution in [0.3, 0.4) is 0 Å². The van der Waals surface area contributed by atoms with E-state index in [2.05, 4.69) is 10.6 Å². The molecule has 1 heterocycles. The van der Waals surface area contributed by atoms with Crippen molar-refractivity contribution in [1.82, 2.24) is 5.32 Å². The smallest absolute Gasteiger partial charge is 0.257 e. The second-order valence-electron chi connectivity index (χ2n) is 8.69. The van der Waals surface area contributed by atoms with Gasteiger partial charge in [-0.3, -0.25) is 9.59 Å². The van der Waals surface area contributed by atoms with Crippen molar-refractivity contribution in [2.24, 2.45) is 0 Å². The normalized spacial score (nSPS) is 13.5. The van der Waals surface area contributed by atoms with Crippen molar-refractivity contribution in [3.05, 3.63) is 119 Å². The summed E-state index contributed by atoms with van der Waals surface area (Å²) in [6, 6.07) is 26.1. The Morgan fingerprint density at radius 2 is 1.59 bits per heavy atom. The van der Waals surface area contributed by atoms with Crippen molar-refractivity contribution >= 4 is 27.3 Å². The fraction of sp³-hybridized carbons (Fsp3) is 0.103. The van der Waals surface area contributed by atoms with Crippen LogP contribution in [0.5, 0.6) is 5.75 Å². The highest BCUT2D eigenvalue weighted by atomic mass is 32.2. The third kappa shape index (κ3) is 4.96. The average Bonchev–Trinajstić information content (AvgIpc) is 3.00. The van der Waals surface area contributed by atoms with E-state index in [0.29, 0.717) is 6.54 Å². The number of hydrogen-bond donors (Lipinski definition) is 2. The number of hydrogen-bond acceptors (Lipinski definition) is 5. The van der Waals surface area contributed by atoms with Gasteiger partial charge in [-0.05, 0) is 65.6 Å². The lowest BCUT2D eigenvalue weighted by Gasteiger charge is -2.11. The van der Waals surface area contributed by atoms with E-state index < -0.39 is 15.7 Å². The summed E-state index contributed by atoms with van der Waals surface area (Å²) >= 11 is 0. The van der Waals surface area contributed by atoms with Crippen LogP contribution in [0.1, 0.15) is 37.4 Å². The monoisotopic (exact) mass is 512 g/mol. The maximum atomic E-state index is 13.1. The van der Waals surface area contributed by atoms with Crippen LogP contribution in [0, 0.1) is 0 Å². The zero-order valence-corrected chi connectivity index (χ0v) is 20.8. The standard InChI is InChI=1S/C29H24N2O5S/c1-36-23-12-9-19(10-13-23)15-20-5-4-6-21(16-20)18-30-28(32)22-11-14-27-25(17-22)31-29(33)24-7-2-3-8-26(24)37(27,34)35/h2-14,16-17H,15,18H2,1H3,(H,30,32)(H,31,33). The lowest BCUT2D eigenvalue weighted by Crippen LogP contribution is -2.23. The molecule has 0 aromatic heterocycles. The number of ether oxygens (including phenoxy) is 1. The van der Waals surface area contributed by atoms with E-state index in [0.717, 1.165) is 28.9 Å². The number of carbonyl (C=O) groups is 2. The molecule has 0 atom stereocenters. The van der Waals surface area contributed by atoms with Gasteiger partial charge < -0.3 is 15.4 Å². The first-order valence-corrected chi connectivity index (χ1v) is 13.1. The van der Waals surface area contributed by atoms with E-state index in [-0.39, 0.29) is 32.5 Å². The predicted molar refractivity (Wildman–Crippen MR) is 140 cm³/mol. The van der Waals surface area contributed by atoms with Gasteiger partial charge in [0.2, 0.25) is 9.84 Å². The first-order chi connectivity index (χ1) is 17.8. The molecule has 1 aliphatic rings. The number of benzene rings is 4. The molecule has 1 aliphatic heterocycles. The van der Waals surface area contributed by atoms with Crippen LogP contribution in [-0.2, 0) is 22.8 Å². The van der Waals surface area contributed by atoms with Crippen LogP contribution in [0.25, 0.3) is 0 Å². The lowest BCUT2D eigenvalue weighted by atomic mass is 10.0. The quantitative estimate of drug-likeness (QED) is 0.393. The topological polar surface area (TPSA) is 102 Å². The van der Waals surface area contributed by atoms with Gasteiger partial charge in [0.05, 0.1) is 28.2 Å². The van der Waals surface area contributed by atoms with Crippen LogP contribution in [0.15, 0.2) is 101 Å². The number of methoxy groups -OCH3 is 1. The van der Waals surface area contributed by atoms with Crippen LogP contribution in [-0.4, -0.2) is 27.3 Å². The number of sulfone groups is 1. The predicted octanol–water partition coefficient (Wildman–Crippen LogP) is 4.61. The molecule has 0 saturated carbocycles. The highest BCUT2D eigenvalue weighted by Gasteiger charge is 2.31. The summed E-state index contributed by atoms with van der Waals surface area (Å²) < 4.78 is 31.5. The number of fused-ring (bicyclic) bond motifs is 2. The molecule has 5 rings (SSSR count). The van der Waals surface area contributed by atoms with Gasteiger partial charge in [-0.15, -0.1) is 0 Å². The SMILES string of the molecule is COc1ccc(Cc2cccc(CNC(=O)c3ccc4c(c3)NC(=O)c3ccccc3S4(=O)=O)c2)cc1. The number of nitrogens with one attached hydrogen (secondary N) is 2. The molecule has 37 heavy (non-hydrogen) atoms. The van der Waals surface area contributed by atoms with Crippen LogP contribution in [0.2, 0.25) is 0 Å². The zero-order valence-electron chi connectivity index (χ0n) is 20.0. The second kappa shape index (κ2) is 9.91. The van der Waals surface area contributed by atoms with E-state index >= 15 is 0 Å². The van der Waals surface area contributed by atoms with Crippen molar-refractivity contribution in [3.8, 4) is 5.75 Å². The molecule has 8 heteroatoms. The van der Waals surface area contributed by atoms with Gasteiger partial charge in [-0.1, -0.05) is 48.5 Å². The molecule has 0 saturated heterocycles. The summed E-state index contributed by atoms with van der Waals surface area (Å²) in [7, 11) is -2.29. The van der Waals surface area contributed by atoms with Crippen LogP contribution < -0.4 is 15.4 Å². The lowest BCUT2D eigenvalue weighted by molar-refractivity contribution is 0.0949. The van der Waals surface area contributed by atoms with Gasteiger partial charge in [0.15, 0.2) is 0 Å². The Balaban J connectivity index is 1.31. The van der Waals surface area contributed by atoms with Gasteiger partial charge in [0, 0.05) is 12.1 Å². The number of carbonyl (C=O) groups excluding carboxylic acids is 2. The maximum Gasteiger partial charge on any atom is 0.257 e. The van der Waals surface area contributed by atoms with Gasteiger partial charge in [-0.25, -0.2) is 8.42 Å². The minimum Gasteiger partial charge on any atom is -0.497 e. The van der Waals surface area contributed by atoms with Crippen molar-refractivity contribution in [1.29, 1.82) is 0 Å². The molecule has 2 amide bonds. The van der Waals surface area contributed by atoms with E-state index in [9.17, 15) is 18.0 Å². The first kappa shape index (κ1) is 24.3. The third-order valence-corrected chi connectivity index (χ3v) is 8.08. The fourth-order valence-electron chi connectivity index (χ4n) is 4.31. The molecule has 186 valence electrons. The molecule has 0 bridgehead atoms. The Labute approximate surface area is 215 Å². The largest absolute Gasteiger partial charge is 0.497 e. The Morgan fingerprint density at radius 1 is 0.838 bits per heavy atom. The summed E-state index contributed by atoms with van der Waals surface area (Å²) in [6.07, 6.45) is 0.743. The molecule has 4 aromatic rings. The summed E-state index contributed by atoms with van der Waals surface area (Å²) in [5.74, 6) is -0.111. The van der Waals surface area contributed by atoms with Crippen molar-refractivity contribution in [3.63, 3.8) is 0 Å². The highest BCUT2D eigenvalue weighted by molar-refractivity contribution is 7.91. The van der Waals surface area contributed by atoms with E-state index in [1.807, 2.05) is 48.5 Å². The van der Waals surface area contributed by atoms with E-state index in [4.69, 9.17) is 4.74 Å². The molecular formula is C29H24N2O5S. The van der Waals surface area contributed by atoms with Crippen LogP contribution >= 0.6 is 0 Å². The summed E-state index contributed by atoms with van der Waals surface area (Å²) in [6.45, 7) is 0.294.